The van der Waals surface area contributed by atoms with Crippen molar-refractivity contribution in [1.29, 1.82) is 0 Å². The van der Waals surface area contributed by atoms with Gasteiger partial charge in [-0.2, -0.15) is 0 Å². The summed E-state index contributed by atoms with van der Waals surface area (Å²) < 4.78 is 0. The maximum Gasteiger partial charge on any atom is 0.0245 e. The second-order valence-electron chi connectivity index (χ2n) is 9.06. The van der Waals surface area contributed by atoms with Crippen molar-refractivity contribution in [2.75, 3.05) is 0 Å². The first kappa shape index (κ1) is 19.5. The molecule has 1 aromatic rings. The van der Waals surface area contributed by atoms with E-state index in [1.165, 1.54) is 88.2 Å². The van der Waals surface area contributed by atoms with Crippen LogP contribution in [0.2, 0.25) is 0 Å². The van der Waals surface area contributed by atoms with Gasteiger partial charge in [0.15, 0.2) is 0 Å². The molecule has 142 valence electrons. The summed E-state index contributed by atoms with van der Waals surface area (Å²) in [5.41, 5.74) is 2.67. The third-order valence-corrected chi connectivity index (χ3v) is 6.94. The third kappa shape index (κ3) is 5.90. The van der Waals surface area contributed by atoms with E-state index in [0.717, 1.165) is 17.8 Å². The van der Waals surface area contributed by atoms with Crippen LogP contribution in [-0.4, -0.2) is 0 Å². The van der Waals surface area contributed by atoms with Crippen LogP contribution in [0.15, 0.2) is 24.3 Å². The summed E-state index contributed by atoms with van der Waals surface area (Å²) in [5, 5.41) is 0. The van der Waals surface area contributed by atoms with Gasteiger partial charge in [-0.05, 0) is 86.8 Å². The first-order valence-corrected chi connectivity index (χ1v) is 11.3. The largest absolute Gasteiger partial charge is 0.0945 e. The smallest absolute Gasteiger partial charge is 0.0245 e. The monoisotopic (exact) mass is 350 g/mol. The van der Waals surface area contributed by atoms with E-state index in [-0.39, 0.29) is 0 Å². The predicted molar refractivity (Wildman–Crippen MR) is 113 cm³/mol. The number of hydrogen-bond acceptors (Lipinski definition) is 0. The highest BCUT2D eigenvalue weighted by Gasteiger charge is 2.29. The van der Waals surface area contributed by atoms with Gasteiger partial charge in [0.2, 0.25) is 0 Å². The zero-order chi connectivity index (χ0) is 18.2. The molecule has 0 radical (unpaired) electrons. The molecule has 0 aliphatic heterocycles. The Morgan fingerprint density at radius 2 is 1.42 bits per heavy atom. The minimum Gasteiger partial charge on any atom is -0.0945 e. The number of rotatable bonds is 5. The van der Waals surface area contributed by atoms with Crippen molar-refractivity contribution in [3.8, 4) is 11.8 Å². The number of unbranched alkanes of at least 4 members (excludes halogenated alkanes) is 2. The molecule has 3 rings (SSSR count). The highest BCUT2D eigenvalue weighted by molar-refractivity contribution is 5.36. The molecule has 0 heterocycles. The summed E-state index contributed by atoms with van der Waals surface area (Å²) in [6.45, 7) is 4.70. The van der Waals surface area contributed by atoms with E-state index in [0.29, 0.717) is 5.92 Å². The number of benzene rings is 1. The fraction of sp³-hybridized carbons (Fsp3) is 0.692. The Bertz CT molecular complexity index is 569. The van der Waals surface area contributed by atoms with E-state index in [9.17, 15) is 0 Å². The third-order valence-electron chi connectivity index (χ3n) is 6.94. The Morgan fingerprint density at radius 3 is 2.04 bits per heavy atom. The SMILES string of the molecule is CCCCCc1ccc(C#C[C@H]2CC[C@H]([C@H]3CC[C@H](C)CC3)CC2)cc1. The van der Waals surface area contributed by atoms with E-state index in [4.69, 9.17) is 0 Å². The molecule has 1 aromatic carbocycles. The van der Waals surface area contributed by atoms with E-state index in [1.54, 1.807) is 0 Å². The second kappa shape index (κ2) is 10.2. The van der Waals surface area contributed by atoms with Crippen LogP contribution in [0.25, 0.3) is 0 Å². The molecule has 0 spiro atoms. The van der Waals surface area contributed by atoms with Crippen molar-refractivity contribution in [2.24, 2.45) is 23.7 Å². The van der Waals surface area contributed by atoms with Crippen molar-refractivity contribution >= 4 is 0 Å². The fourth-order valence-electron chi connectivity index (χ4n) is 5.01. The summed E-state index contributed by atoms with van der Waals surface area (Å²) in [6, 6.07) is 9.01. The molecule has 0 aromatic heterocycles. The average molecular weight is 351 g/mol. The maximum absolute atomic E-state index is 3.59. The highest BCUT2D eigenvalue weighted by atomic mass is 14.3. The van der Waals surface area contributed by atoms with Crippen LogP contribution < -0.4 is 0 Å². The Kier molecular flexibility index (Phi) is 7.67. The Morgan fingerprint density at radius 1 is 0.808 bits per heavy atom. The van der Waals surface area contributed by atoms with Crippen LogP contribution in [0.1, 0.15) is 95.6 Å². The van der Waals surface area contributed by atoms with Gasteiger partial charge in [0.1, 0.15) is 0 Å². The topological polar surface area (TPSA) is 0 Å². The van der Waals surface area contributed by atoms with Gasteiger partial charge in [0.25, 0.3) is 0 Å². The fourth-order valence-corrected chi connectivity index (χ4v) is 5.01. The highest BCUT2D eigenvalue weighted by Crippen LogP contribution is 2.41. The summed E-state index contributed by atoms with van der Waals surface area (Å²) in [5.74, 6) is 10.7. The van der Waals surface area contributed by atoms with E-state index >= 15 is 0 Å². The Labute approximate surface area is 162 Å². The van der Waals surface area contributed by atoms with Crippen LogP contribution >= 0.6 is 0 Å². The van der Waals surface area contributed by atoms with Crippen LogP contribution in [0.4, 0.5) is 0 Å². The normalized spacial score (nSPS) is 29.0. The van der Waals surface area contributed by atoms with Gasteiger partial charge in [-0.15, -0.1) is 0 Å². The Hall–Kier alpha value is -1.22. The van der Waals surface area contributed by atoms with Crippen LogP contribution in [-0.2, 0) is 6.42 Å². The molecule has 2 aliphatic rings. The molecule has 0 heteroatoms. The molecule has 2 saturated carbocycles. The van der Waals surface area contributed by atoms with Crippen molar-refractivity contribution in [3.63, 3.8) is 0 Å². The maximum atomic E-state index is 3.59. The van der Waals surface area contributed by atoms with Gasteiger partial charge in [0.05, 0.1) is 0 Å². The number of hydrogen-bond donors (Lipinski definition) is 0. The van der Waals surface area contributed by atoms with Crippen molar-refractivity contribution < 1.29 is 0 Å². The molecular formula is C26H38. The molecule has 2 fully saturated rings. The molecule has 0 saturated heterocycles. The van der Waals surface area contributed by atoms with Gasteiger partial charge in [-0.1, -0.05) is 63.5 Å². The zero-order valence-electron chi connectivity index (χ0n) is 17.1. The molecular weight excluding hydrogens is 312 g/mol. The lowest BCUT2D eigenvalue weighted by atomic mass is 9.69. The lowest BCUT2D eigenvalue weighted by molar-refractivity contribution is 0.162. The summed E-state index contributed by atoms with van der Waals surface area (Å²) >= 11 is 0. The van der Waals surface area contributed by atoms with Crippen molar-refractivity contribution in [3.05, 3.63) is 35.4 Å². The van der Waals surface area contributed by atoms with Crippen molar-refractivity contribution in [1.82, 2.24) is 0 Å². The van der Waals surface area contributed by atoms with Gasteiger partial charge in [-0.25, -0.2) is 0 Å². The summed E-state index contributed by atoms with van der Waals surface area (Å²) in [6.07, 6.45) is 16.6. The van der Waals surface area contributed by atoms with Crippen molar-refractivity contribution in [2.45, 2.75) is 90.9 Å². The van der Waals surface area contributed by atoms with E-state index in [2.05, 4.69) is 50.0 Å². The van der Waals surface area contributed by atoms with E-state index < -0.39 is 0 Å². The standard InChI is InChI=1S/C26H38/c1-3-4-5-6-22-9-11-23(12-10-22)13-14-24-15-19-26(20-16-24)25-17-7-21(2)8-18-25/h9-12,21,24-26H,3-8,15-20H2,1-2H3/t21-,24-,25-,26-. The van der Waals surface area contributed by atoms with Crippen LogP contribution in [0.5, 0.6) is 0 Å². The lowest BCUT2D eigenvalue weighted by Gasteiger charge is -2.36. The summed E-state index contributed by atoms with van der Waals surface area (Å²) in [4.78, 5) is 0. The average Bonchev–Trinajstić information content (AvgIpc) is 2.69. The van der Waals surface area contributed by atoms with Crippen LogP contribution in [0.3, 0.4) is 0 Å². The van der Waals surface area contributed by atoms with Gasteiger partial charge in [0, 0.05) is 11.5 Å². The molecule has 2 aliphatic carbocycles. The van der Waals surface area contributed by atoms with Gasteiger partial charge < -0.3 is 0 Å². The molecule has 0 nitrogen and oxygen atoms in total. The zero-order valence-corrected chi connectivity index (χ0v) is 17.1. The lowest BCUT2D eigenvalue weighted by Crippen LogP contribution is -2.24. The van der Waals surface area contributed by atoms with E-state index in [1.807, 2.05) is 0 Å². The Balaban J connectivity index is 1.43. The molecule has 26 heavy (non-hydrogen) atoms. The molecule has 0 N–H and O–H groups in total. The predicted octanol–water partition coefficient (Wildman–Crippen LogP) is 7.40. The molecule has 0 amide bonds. The first-order chi connectivity index (χ1) is 12.7. The molecule has 0 unspecified atom stereocenters. The van der Waals surface area contributed by atoms with Gasteiger partial charge >= 0.3 is 0 Å². The molecule has 0 bridgehead atoms. The van der Waals surface area contributed by atoms with Gasteiger partial charge in [-0.3, -0.25) is 0 Å². The first-order valence-electron chi connectivity index (χ1n) is 11.3. The minimum absolute atomic E-state index is 0.637. The summed E-state index contributed by atoms with van der Waals surface area (Å²) in [7, 11) is 0. The minimum atomic E-state index is 0.637. The van der Waals surface area contributed by atoms with Crippen LogP contribution in [0, 0.1) is 35.5 Å². The second-order valence-corrected chi connectivity index (χ2v) is 9.06. The number of aryl methyl sites for hydroxylation is 1. The quantitative estimate of drug-likeness (QED) is 0.383. The molecule has 0 atom stereocenters.